The number of carbonyl (C=O) groups excluding carboxylic acids is 1. The SMILES string of the molecule is CCOC1CC(NC(=O)c2ccc(Br)c([N+](=O)[O-])c2)C1. The van der Waals surface area contributed by atoms with Gasteiger partial charge in [0.1, 0.15) is 0 Å². The standard InChI is InChI=1S/C13H15BrN2O4/c1-2-20-10-6-9(7-10)15-13(17)8-3-4-11(14)12(5-8)16(18)19/h3-5,9-10H,2,6-7H2,1H3,(H,15,17). The number of nitro groups is 1. The van der Waals surface area contributed by atoms with Crippen molar-refractivity contribution in [1.82, 2.24) is 5.32 Å². The van der Waals surface area contributed by atoms with Crippen molar-refractivity contribution in [3.05, 3.63) is 38.3 Å². The van der Waals surface area contributed by atoms with Crippen LogP contribution in [0.15, 0.2) is 22.7 Å². The van der Waals surface area contributed by atoms with Crippen molar-refractivity contribution < 1.29 is 14.5 Å². The molecule has 0 heterocycles. The predicted octanol–water partition coefficient (Wildman–Crippen LogP) is 2.65. The topological polar surface area (TPSA) is 81.5 Å². The van der Waals surface area contributed by atoms with Crippen molar-refractivity contribution in [2.24, 2.45) is 0 Å². The van der Waals surface area contributed by atoms with E-state index < -0.39 is 4.92 Å². The summed E-state index contributed by atoms with van der Waals surface area (Å²) >= 11 is 3.09. The number of hydrogen-bond acceptors (Lipinski definition) is 4. The molecule has 1 N–H and O–H groups in total. The maximum Gasteiger partial charge on any atom is 0.284 e. The second-order valence-electron chi connectivity index (χ2n) is 4.64. The number of carbonyl (C=O) groups is 1. The van der Waals surface area contributed by atoms with Gasteiger partial charge in [-0.1, -0.05) is 0 Å². The van der Waals surface area contributed by atoms with Crippen LogP contribution in [0.2, 0.25) is 0 Å². The van der Waals surface area contributed by atoms with Crippen molar-refractivity contribution in [2.45, 2.75) is 31.9 Å². The van der Waals surface area contributed by atoms with E-state index >= 15 is 0 Å². The van der Waals surface area contributed by atoms with Gasteiger partial charge in [-0.25, -0.2) is 0 Å². The second kappa shape index (κ2) is 6.32. The minimum atomic E-state index is -0.519. The maximum atomic E-state index is 12.0. The summed E-state index contributed by atoms with van der Waals surface area (Å²) in [5, 5.41) is 13.7. The van der Waals surface area contributed by atoms with Crippen LogP contribution in [0.3, 0.4) is 0 Å². The Kier molecular flexibility index (Phi) is 4.72. The molecule has 0 aliphatic heterocycles. The maximum absolute atomic E-state index is 12.0. The van der Waals surface area contributed by atoms with Gasteiger partial charge in [-0.3, -0.25) is 14.9 Å². The lowest BCUT2D eigenvalue weighted by Crippen LogP contribution is -2.47. The zero-order valence-corrected chi connectivity index (χ0v) is 12.6. The van der Waals surface area contributed by atoms with E-state index in [1.54, 1.807) is 6.07 Å². The largest absolute Gasteiger partial charge is 0.378 e. The first kappa shape index (κ1) is 14.9. The molecule has 6 nitrogen and oxygen atoms in total. The molecule has 0 saturated heterocycles. The van der Waals surface area contributed by atoms with Gasteiger partial charge in [0.25, 0.3) is 11.6 Å². The molecule has 0 atom stereocenters. The Hall–Kier alpha value is -1.47. The zero-order chi connectivity index (χ0) is 14.7. The summed E-state index contributed by atoms with van der Waals surface area (Å²) < 4.78 is 5.78. The Bertz CT molecular complexity index is 529. The minimum Gasteiger partial charge on any atom is -0.378 e. The fourth-order valence-electron chi connectivity index (χ4n) is 2.12. The molecule has 20 heavy (non-hydrogen) atoms. The van der Waals surface area contributed by atoms with Crippen LogP contribution in [0.1, 0.15) is 30.1 Å². The van der Waals surface area contributed by atoms with Gasteiger partial charge in [0.05, 0.1) is 15.5 Å². The molecule has 1 aliphatic rings. The van der Waals surface area contributed by atoms with Gasteiger partial charge in [0.15, 0.2) is 0 Å². The van der Waals surface area contributed by atoms with Crippen molar-refractivity contribution in [3.63, 3.8) is 0 Å². The number of nitrogens with one attached hydrogen (secondary N) is 1. The van der Waals surface area contributed by atoms with Crippen LogP contribution in [-0.2, 0) is 4.74 Å². The van der Waals surface area contributed by atoms with Crippen molar-refractivity contribution >= 4 is 27.5 Å². The summed E-state index contributed by atoms with van der Waals surface area (Å²) in [6, 6.07) is 4.43. The first-order valence-electron chi connectivity index (χ1n) is 6.37. The molecule has 1 aromatic carbocycles. The van der Waals surface area contributed by atoms with E-state index in [1.807, 2.05) is 6.92 Å². The molecule has 1 saturated carbocycles. The summed E-state index contributed by atoms with van der Waals surface area (Å²) in [5.41, 5.74) is 0.179. The van der Waals surface area contributed by atoms with Crippen LogP contribution < -0.4 is 5.32 Å². The van der Waals surface area contributed by atoms with Crippen LogP contribution in [-0.4, -0.2) is 29.6 Å². The quantitative estimate of drug-likeness (QED) is 0.658. The van der Waals surface area contributed by atoms with Crippen molar-refractivity contribution in [3.8, 4) is 0 Å². The molecule has 0 unspecified atom stereocenters. The lowest BCUT2D eigenvalue weighted by atomic mass is 9.89. The molecule has 108 valence electrons. The van der Waals surface area contributed by atoms with Gasteiger partial charge < -0.3 is 10.1 Å². The lowest BCUT2D eigenvalue weighted by molar-refractivity contribution is -0.385. The minimum absolute atomic E-state index is 0.0850. The summed E-state index contributed by atoms with van der Waals surface area (Å²) in [6.07, 6.45) is 1.79. The molecule has 0 aromatic heterocycles. The van der Waals surface area contributed by atoms with E-state index in [2.05, 4.69) is 21.2 Å². The average molecular weight is 343 g/mol. The molecule has 1 aromatic rings. The average Bonchev–Trinajstić information content (AvgIpc) is 2.36. The third kappa shape index (κ3) is 3.34. The van der Waals surface area contributed by atoms with Gasteiger partial charge in [0.2, 0.25) is 0 Å². The van der Waals surface area contributed by atoms with E-state index in [1.165, 1.54) is 12.1 Å². The fourth-order valence-corrected chi connectivity index (χ4v) is 2.51. The second-order valence-corrected chi connectivity index (χ2v) is 5.50. The highest BCUT2D eigenvalue weighted by molar-refractivity contribution is 9.10. The smallest absolute Gasteiger partial charge is 0.284 e. The summed E-state index contributed by atoms with van der Waals surface area (Å²) in [5.74, 6) is -0.291. The number of ether oxygens (including phenoxy) is 1. The first-order chi connectivity index (χ1) is 9.51. The van der Waals surface area contributed by atoms with Gasteiger partial charge >= 0.3 is 0 Å². The molecule has 7 heteroatoms. The van der Waals surface area contributed by atoms with E-state index in [0.717, 1.165) is 12.8 Å². The Morgan fingerprint density at radius 3 is 2.85 bits per heavy atom. The van der Waals surface area contributed by atoms with Crippen molar-refractivity contribution in [1.29, 1.82) is 0 Å². The molecule has 1 aliphatic carbocycles. The molecule has 2 rings (SSSR count). The number of halogens is 1. The molecule has 0 bridgehead atoms. The van der Waals surface area contributed by atoms with Crippen LogP contribution in [0.4, 0.5) is 5.69 Å². The molecule has 1 amide bonds. The van der Waals surface area contributed by atoms with E-state index in [-0.39, 0.29) is 23.7 Å². The Balaban J connectivity index is 1.97. The number of rotatable bonds is 5. The zero-order valence-electron chi connectivity index (χ0n) is 11.0. The highest BCUT2D eigenvalue weighted by Crippen LogP contribution is 2.27. The summed E-state index contributed by atoms with van der Waals surface area (Å²) in [4.78, 5) is 22.3. The molecule has 0 radical (unpaired) electrons. The highest BCUT2D eigenvalue weighted by Gasteiger charge is 2.31. The number of amides is 1. The van der Waals surface area contributed by atoms with Gasteiger partial charge in [-0.05, 0) is 47.8 Å². The number of hydrogen-bond donors (Lipinski definition) is 1. The number of benzene rings is 1. The van der Waals surface area contributed by atoms with Gasteiger partial charge in [-0.15, -0.1) is 0 Å². The molecular formula is C13H15BrN2O4. The Morgan fingerprint density at radius 1 is 1.55 bits per heavy atom. The van der Waals surface area contributed by atoms with Crippen LogP contribution in [0.25, 0.3) is 0 Å². The van der Waals surface area contributed by atoms with E-state index in [0.29, 0.717) is 16.6 Å². The van der Waals surface area contributed by atoms with Crippen LogP contribution in [0, 0.1) is 10.1 Å². The van der Waals surface area contributed by atoms with Crippen molar-refractivity contribution in [2.75, 3.05) is 6.61 Å². The normalized spacial score (nSPS) is 21.1. The predicted molar refractivity (Wildman–Crippen MR) is 76.7 cm³/mol. The molecule has 1 fully saturated rings. The van der Waals surface area contributed by atoms with Crippen LogP contribution >= 0.6 is 15.9 Å². The Labute approximate surface area is 124 Å². The van der Waals surface area contributed by atoms with Gasteiger partial charge in [0, 0.05) is 24.3 Å². The monoisotopic (exact) mass is 342 g/mol. The number of nitrogens with zero attached hydrogens (tertiary/aromatic N) is 1. The Morgan fingerprint density at radius 2 is 2.25 bits per heavy atom. The molecular weight excluding hydrogens is 328 g/mol. The van der Waals surface area contributed by atoms with Crippen LogP contribution in [0.5, 0.6) is 0 Å². The van der Waals surface area contributed by atoms with Gasteiger partial charge in [-0.2, -0.15) is 0 Å². The van der Waals surface area contributed by atoms with E-state index in [9.17, 15) is 14.9 Å². The third-order valence-corrected chi connectivity index (χ3v) is 3.91. The van der Waals surface area contributed by atoms with E-state index in [4.69, 9.17) is 4.74 Å². The summed E-state index contributed by atoms with van der Waals surface area (Å²) in [6.45, 7) is 2.61. The third-order valence-electron chi connectivity index (χ3n) is 3.24. The molecule has 0 spiro atoms. The highest BCUT2D eigenvalue weighted by atomic mass is 79.9. The summed E-state index contributed by atoms with van der Waals surface area (Å²) in [7, 11) is 0. The lowest BCUT2D eigenvalue weighted by Gasteiger charge is -2.35. The number of nitro benzene ring substituents is 1. The first-order valence-corrected chi connectivity index (χ1v) is 7.17. The fraction of sp³-hybridized carbons (Fsp3) is 0.462.